The molecule has 114 valence electrons. The van der Waals surface area contributed by atoms with Crippen molar-refractivity contribution in [2.24, 2.45) is 0 Å². The highest BCUT2D eigenvalue weighted by Crippen LogP contribution is 2.24. The molecule has 2 aromatic rings. The molecule has 1 N–H and O–H groups in total. The van der Waals surface area contributed by atoms with Crippen molar-refractivity contribution >= 4 is 17.0 Å². The van der Waals surface area contributed by atoms with Gasteiger partial charge in [-0.25, -0.2) is 4.39 Å². The number of methoxy groups -OCH3 is 1. The Morgan fingerprint density at radius 1 is 1.29 bits per heavy atom. The van der Waals surface area contributed by atoms with Crippen LogP contribution in [-0.4, -0.2) is 27.3 Å². The molecule has 0 saturated heterocycles. The van der Waals surface area contributed by atoms with Gasteiger partial charge in [-0.2, -0.15) is 0 Å². The van der Waals surface area contributed by atoms with Crippen LogP contribution in [-0.2, 0) is 17.8 Å². The topological polar surface area (TPSA) is 24.5 Å². The van der Waals surface area contributed by atoms with Crippen molar-refractivity contribution < 1.29 is 9.13 Å². The Labute approximate surface area is 129 Å². The molecule has 0 aliphatic heterocycles. The minimum atomic E-state index is -0.171. The van der Waals surface area contributed by atoms with Gasteiger partial charge < -0.3 is 15.0 Å². The minimum Gasteiger partial charge on any atom is -0.383 e. The molecule has 3 nitrogen and oxygen atoms in total. The van der Waals surface area contributed by atoms with Crippen LogP contribution < -0.4 is 10.2 Å². The van der Waals surface area contributed by atoms with E-state index in [0.29, 0.717) is 25.3 Å². The predicted octanol–water partition coefficient (Wildman–Crippen LogP) is 3.26. The molecule has 2 rings (SSSR count). The van der Waals surface area contributed by atoms with Gasteiger partial charge in [-0.15, -0.1) is 11.3 Å². The molecule has 0 aliphatic rings. The molecule has 0 unspecified atom stereocenters. The van der Waals surface area contributed by atoms with Gasteiger partial charge in [0.2, 0.25) is 0 Å². The molecule has 0 amide bonds. The largest absolute Gasteiger partial charge is 0.383 e. The van der Waals surface area contributed by atoms with Crippen molar-refractivity contribution in [1.29, 1.82) is 0 Å². The maximum absolute atomic E-state index is 14.1. The van der Waals surface area contributed by atoms with Crippen molar-refractivity contribution in [1.82, 2.24) is 5.32 Å². The van der Waals surface area contributed by atoms with Gasteiger partial charge in [0.15, 0.2) is 0 Å². The number of benzene rings is 1. The summed E-state index contributed by atoms with van der Waals surface area (Å²) in [4.78, 5) is 3.35. The van der Waals surface area contributed by atoms with Gasteiger partial charge in [-0.3, -0.25) is 0 Å². The highest BCUT2D eigenvalue weighted by molar-refractivity contribution is 7.09. The Morgan fingerprint density at radius 2 is 2.14 bits per heavy atom. The van der Waals surface area contributed by atoms with Gasteiger partial charge in [0, 0.05) is 43.4 Å². The molecule has 5 heteroatoms. The standard InChI is InChI=1S/C16H21FN2OS/c1-19(12-13-5-4-10-21-13)16-7-3-6-15(17)14(16)11-18-8-9-20-2/h3-7,10,18H,8-9,11-12H2,1-2H3. The smallest absolute Gasteiger partial charge is 0.129 e. The van der Waals surface area contributed by atoms with Gasteiger partial charge in [-0.1, -0.05) is 12.1 Å². The molecule has 0 spiro atoms. The van der Waals surface area contributed by atoms with Crippen LogP contribution in [0.15, 0.2) is 35.7 Å². The lowest BCUT2D eigenvalue weighted by molar-refractivity contribution is 0.199. The summed E-state index contributed by atoms with van der Waals surface area (Å²) in [5, 5.41) is 5.27. The van der Waals surface area contributed by atoms with E-state index in [4.69, 9.17) is 4.74 Å². The SMILES string of the molecule is COCCNCc1c(F)cccc1N(C)Cc1cccs1. The number of nitrogens with zero attached hydrogens (tertiary/aromatic N) is 1. The average Bonchev–Trinajstić information content (AvgIpc) is 2.97. The zero-order chi connectivity index (χ0) is 15.1. The lowest BCUT2D eigenvalue weighted by atomic mass is 10.1. The molecule has 0 atom stereocenters. The van der Waals surface area contributed by atoms with Crippen LogP contribution in [0.25, 0.3) is 0 Å². The summed E-state index contributed by atoms with van der Waals surface area (Å²) >= 11 is 1.71. The highest BCUT2D eigenvalue weighted by Gasteiger charge is 2.12. The number of thiophene rings is 1. The van der Waals surface area contributed by atoms with E-state index in [9.17, 15) is 4.39 Å². The van der Waals surface area contributed by atoms with E-state index < -0.39 is 0 Å². The lowest BCUT2D eigenvalue weighted by Gasteiger charge is -2.22. The monoisotopic (exact) mass is 308 g/mol. The van der Waals surface area contributed by atoms with Crippen molar-refractivity contribution in [2.75, 3.05) is 32.2 Å². The summed E-state index contributed by atoms with van der Waals surface area (Å²) in [6.45, 7) is 2.61. The molecule has 1 aromatic heterocycles. The number of ether oxygens (including phenoxy) is 1. The fourth-order valence-corrected chi connectivity index (χ4v) is 2.95. The van der Waals surface area contributed by atoms with Crippen LogP contribution in [0.2, 0.25) is 0 Å². The zero-order valence-electron chi connectivity index (χ0n) is 12.4. The van der Waals surface area contributed by atoms with Gasteiger partial charge in [-0.05, 0) is 23.6 Å². The Morgan fingerprint density at radius 3 is 2.86 bits per heavy atom. The first-order valence-corrected chi connectivity index (χ1v) is 7.81. The number of hydrogen-bond donors (Lipinski definition) is 1. The number of halogens is 1. The fourth-order valence-electron chi connectivity index (χ4n) is 2.19. The van der Waals surface area contributed by atoms with Crippen LogP contribution in [0.3, 0.4) is 0 Å². The van der Waals surface area contributed by atoms with Crippen molar-refractivity contribution in [3.63, 3.8) is 0 Å². The number of hydrogen-bond acceptors (Lipinski definition) is 4. The molecular formula is C16H21FN2OS. The average molecular weight is 308 g/mol. The molecule has 0 aliphatic carbocycles. The summed E-state index contributed by atoms with van der Waals surface area (Å²) in [5.74, 6) is -0.171. The fraction of sp³-hybridized carbons (Fsp3) is 0.375. The summed E-state index contributed by atoms with van der Waals surface area (Å²) in [7, 11) is 3.65. The number of anilines is 1. The minimum absolute atomic E-state index is 0.171. The van der Waals surface area contributed by atoms with E-state index in [-0.39, 0.29) is 5.82 Å². The van der Waals surface area contributed by atoms with Crippen molar-refractivity contribution in [3.8, 4) is 0 Å². The first-order valence-electron chi connectivity index (χ1n) is 6.93. The van der Waals surface area contributed by atoms with Crippen LogP contribution in [0, 0.1) is 5.82 Å². The second kappa shape index (κ2) is 8.12. The van der Waals surface area contributed by atoms with E-state index in [1.54, 1.807) is 24.5 Å². The predicted molar refractivity (Wildman–Crippen MR) is 86.4 cm³/mol. The molecule has 0 saturated carbocycles. The van der Waals surface area contributed by atoms with E-state index in [1.807, 2.05) is 19.2 Å². The molecule has 0 fully saturated rings. The zero-order valence-corrected chi connectivity index (χ0v) is 13.3. The van der Waals surface area contributed by atoms with E-state index >= 15 is 0 Å². The Balaban J connectivity index is 2.08. The second-order valence-corrected chi connectivity index (χ2v) is 5.87. The Kier molecular flexibility index (Phi) is 6.17. The highest BCUT2D eigenvalue weighted by atomic mass is 32.1. The summed E-state index contributed by atoms with van der Waals surface area (Å²) < 4.78 is 19.1. The molecule has 21 heavy (non-hydrogen) atoms. The molecular weight excluding hydrogens is 287 g/mol. The first-order chi connectivity index (χ1) is 10.2. The Hall–Kier alpha value is -1.43. The van der Waals surface area contributed by atoms with Crippen molar-refractivity contribution in [2.45, 2.75) is 13.1 Å². The quantitative estimate of drug-likeness (QED) is 0.758. The third-order valence-electron chi connectivity index (χ3n) is 3.26. The summed E-state index contributed by atoms with van der Waals surface area (Å²) in [6.07, 6.45) is 0. The molecule has 0 bridgehead atoms. The van der Waals surface area contributed by atoms with Crippen LogP contribution in [0.5, 0.6) is 0 Å². The number of nitrogens with one attached hydrogen (secondary N) is 1. The van der Waals surface area contributed by atoms with Gasteiger partial charge >= 0.3 is 0 Å². The Bertz CT molecular complexity index is 545. The van der Waals surface area contributed by atoms with Crippen LogP contribution in [0.1, 0.15) is 10.4 Å². The molecule has 1 aromatic carbocycles. The summed E-state index contributed by atoms with van der Waals surface area (Å²) in [6, 6.07) is 9.36. The first kappa shape index (κ1) is 15.9. The second-order valence-electron chi connectivity index (χ2n) is 4.84. The van der Waals surface area contributed by atoms with Crippen molar-refractivity contribution in [3.05, 3.63) is 52.0 Å². The summed E-state index contributed by atoms with van der Waals surface area (Å²) in [5.41, 5.74) is 1.63. The third kappa shape index (κ3) is 4.52. The van der Waals surface area contributed by atoms with Crippen LogP contribution >= 0.6 is 11.3 Å². The number of rotatable bonds is 8. The normalized spacial score (nSPS) is 10.8. The maximum Gasteiger partial charge on any atom is 0.129 e. The maximum atomic E-state index is 14.1. The third-order valence-corrected chi connectivity index (χ3v) is 4.12. The lowest BCUT2D eigenvalue weighted by Crippen LogP contribution is -2.23. The van der Waals surface area contributed by atoms with E-state index in [1.165, 1.54) is 10.9 Å². The van der Waals surface area contributed by atoms with Crippen LogP contribution in [0.4, 0.5) is 10.1 Å². The van der Waals surface area contributed by atoms with Gasteiger partial charge in [0.25, 0.3) is 0 Å². The van der Waals surface area contributed by atoms with Gasteiger partial charge in [0.1, 0.15) is 5.82 Å². The van der Waals surface area contributed by atoms with E-state index in [0.717, 1.165) is 12.2 Å². The van der Waals surface area contributed by atoms with Gasteiger partial charge in [0.05, 0.1) is 13.2 Å². The molecule has 0 radical (unpaired) electrons. The van der Waals surface area contributed by atoms with E-state index in [2.05, 4.69) is 21.7 Å². The molecule has 1 heterocycles.